The highest BCUT2D eigenvalue weighted by Crippen LogP contribution is 2.13. The Morgan fingerprint density at radius 1 is 1.27 bits per heavy atom. The average Bonchev–Trinajstić information content (AvgIpc) is 2.05. The molecule has 0 aliphatic rings. The summed E-state index contributed by atoms with van der Waals surface area (Å²) in [4.78, 5) is 0. The van der Waals surface area contributed by atoms with Crippen LogP contribution in [0.5, 0.6) is 0 Å². The highest BCUT2D eigenvalue weighted by atomic mass is 35.5. The van der Waals surface area contributed by atoms with Gasteiger partial charge >= 0.3 is 16.6 Å². The Balaban J connectivity index is 0.000001000. The lowest BCUT2D eigenvalue weighted by Crippen LogP contribution is -1.95. The van der Waals surface area contributed by atoms with E-state index < -0.39 is 0 Å². The number of hydrogen-bond donors (Lipinski definition) is 0. The Bertz CT molecular complexity index is 191. The van der Waals surface area contributed by atoms with Gasteiger partial charge in [0.05, 0.1) is 0 Å². The van der Waals surface area contributed by atoms with Crippen LogP contribution >= 0.6 is 12.4 Å². The molecule has 1 atom stereocenters. The summed E-state index contributed by atoms with van der Waals surface area (Å²) in [7, 11) is 0. The van der Waals surface area contributed by atoms with Crippen LogP contribution in [-0.4, -0.2) is 16.6 Å². The SMILES string of the molecule is CC([O][Al])c1ccccc1.Cl. The Hall–Kier alpha value is 0.00247. The van der Waals surface area contributed by atoms with Crippen LogP contribution in [0.1, 0.15) is 18.6 Å². The summed E-state index contributed by atoms with van der Waals surface area (Å²) in [5.41, 5.74) is 1.21. The monoisotopic (exact) mass is 184 g/mol. The number of hydrogen-bond acceptors (Lipinski definition) is 1. The van der Waals surface area contributed by atoms with Gasteiger partial charge < -0.3 is 3.79 Å². The molecule has 0 bridgehead atoms. The van der Waals surface area contributed by atoms with Crippen LogP contribution in [-0.2, 0) is 3.79 Å². The molecule has 11 heavy (non-hydrogen) atoms. The third-order valence-corrected chi connectivity index (χ3v) is 1.88. The molecule has 0 aromatic heterocycles. The average molecular weight is 185 g/mol. The number of benzene rings is 1. The maximum absolute atomic E-state index is 5.05. The first kappa shape index (κ1) is 11.0. The maximum Gasteiger partial charge on any atom is 0.370 e. The molecule has 1 nitrogen and oxygen atoms in total. The van der Waals surface area contributed by atoms with Gasteiger partial charge in [-0.05, 0) is 12.5 Å². The van der Waals surface area contributed by atoms with Crippen molar-refractivity contribution in [2.45, 2.75) is 13.0 Å². The fraction of sp³-hybridized carbons (Fsp3) is 0.250. The standard InChI is InChI=1S/C8H9O.Al.ClH/c1-7(9)8-5-3-2-4-6-8;;/h2-7H,1H3;;1H/q-1;+1;. The molecule has 0 saturated carbocycles. The van der Waals surface area contributed by atoms with E-state index in [0.717, 1.165) is 0 Å². The van der Waals surface area contributed by atoms with E-state index in [1.165, 1.54) is 5.56 Å². The van der Waals surface area contributed by atoms with Gasteiger partial charge in [-0.3, -0.25) is 0 Å². The van der Waals surface area contributed by atoms with Gasteiger partial charge in [0.15, 0.2) is 0 Å². The zero-order valence-corrected chi connectivity index (χ0v) is 8.33. The Kier molecular flexibility index (Phi) is 5.63. The molecule has 0 fully saturated rings. The Morgan fingerprint density at radius 3 is 2.27 bits per heavy atom. The third kappa shape index (κ3) is 3.27. The summed E-state index contributed by atoms with van der Waals surface area (Å²) in [5, 5.41) is 0. The minimum absolute atomic E-state index is 0. The molecule has 1 rings (SSSR count). The number of rotatable bonds is 2. The van der Waals surface area contributed by atoms with E-state index in [4.69, 9.17) is 3.79 Å². The van der Waals surface area contributed by atoms with E-state index in [1.54, 1.807) is 0 Å². The lowest BCUT2D eigenvalue weighted by atomic mass is 10.1. The van der Waals surface area contributed by atoms with Crippen LogP contribution in [0.15, 0.2) is 30.3 Å². The minimum atomic E-state index is 0. The fourth-order valence-electron chi connectivity index (χ4n) is 0.803. The van der Waals surface area contributed by atoms with Crippen LogP contribution in [0, 0.1) is 0 Å². The summed E-state index contributed by atoms with van der Waals surface area (Å²) in [6.45, 7) is 2.02. The fourth-order valence-corrected chi connectivity index (χ4v) is 0.960. The summed E-state index contributed by atoms with van der Waals surface area (Å²) >= 11 is 2.27. The molecular formula is C8H10AlClO. The predicted octanol–water partition coefficient (Wildman–Crippen LogP) is 2.27. The van der Waals surface area contributed by atoms with Gasteiger partial charge in [-0.1, -0.05) is 30.3 Å². The Labute approximate surface area is 81.9 Å². The molecule has 2 radical (unpaired) electrons. The van der Waals surface area contributed by atoms with Crippen molar-refractivity contribution in [3.63, 3.8) is 0 Å². The third-order valence-electron chi connectivity index (χ3n) is 1.47. The second-order valence-corrected chi connectivity index (χ2v) is 2.46. The van der Waals surface area contributed by atoms with Gasteiger partial charge in [0.25, 0.3) is 0 Å². The molecule has 0 spiro atoms. The van der Waals surface area contributed by atoms with E-state index in [0.29, 0.717) is 0 Å². The van der Waals surface area contributed by atoms with E-state index in [-0.39, 0.29) is 18.5 Å². The molecule has 0 amide bonds. The van der Waals surface area contributed by atoms with Crippen molar-refractivity contribution in [3.8, 4) is 0 Å². The summed E-state index contributed by atoms with van der Waals surface area (Å²) in [6.07, 6.45) is 0.172. The molecule has 1 aromatic carbocycles. The van der Waals surface area contributed by atoms with E-state index >= 15 is 0 Å². The lowest BCUT2D eigenvalue weighted by Gasteiger charge is -2.10. The second kappa shape index (κ2) is 5.63. The largest absolute Gasteiger partial charge is 0.511 e. The van der Waals surface area contributed by atoms with Crippen LogP contribution < -0.4 is 0 Å². The quantitative estimate of drug-likeness (QED) is 0.641. The smallest absolute Gasteiger partial charge is 0.370 e. The van der Waals surface area contributed by atoms with Gasteiger partial charge in [-0.25, -0.2) is 0 Å². The highest BCUT2D eigenvalue weighted by Gasteiger charge is 1.98. The van der Waals surface area contributed by atoms with Crippen LogP contribution in [0.25, 0.3) is 0 Å². The summed E-state index contributed by atoms with van der Waals surface area (Å²) < 4.78 is 5.05. The first-order valence-corrected chi connectivity index (χ1v) is 3.72. The summed E-state index contributed by atoms with van der Waals surface area (Å²) in [5.74, 6) is 0. The minimum Gasteiger partial charge on any atom is -0.511 e. The van der Waals surface area contributed by atoms with Crippen molar-refractivity contribution in [1.82, 2.24) is 0 Å². The van der Waals surface area contributed by atoms with Crippen molar-refractivity contribution >= 4 is 29.0 Å². The zero-order valence-electron chi connectivity index (χ0n) is 6.36. The van der Waals surface area contributed by atoms with Crippen molar-refractivity contribution in [2.75, 3.05) is 0 Å². The Morgan fingerprint density at radius 2 is 1.82 bits per heavy atom. The zero-order chi connectivity index (χ0) is 7.40. The van der Waals surface area contributed by atoms with Crippen molar-refractivity contribution in [3.05, 3.63) is 35.9 Å². The van der Waals surface area contributed by atoms with Gasteiger partial charge in [0.1, 0.15) is 0 Å². The molecule has 1 unspecified atom stereocenters. The van der Waals surface area contributed by atoms with Crippen LogP contribution in [0.3, 0.4) is 0 Å². The molecule has 0 aliphatic carbocycles. The highest BCUT2D eigenvalue weighted by molar-refractivity contribution is 5.98. The van der Waals surface area contributed by atoms with Gasteiger partial charge in [0.2, 0.25) is 0 Å². The molecule has 0 N–H and O–H groups in total. The molecular weight excluding hydrogens is 175 g/mol. The van der Waals surface area contributed by atoms with Crippen molar-refractivity contribution in [1.29, 1.82) is 0 Å². The first-order valence-electron chi connectivity index (χ1n) is 3.25. The van der Waals surface area contributed by atoms with Gasteiger partial charge in [-0.2, -0.15) is 0 Å². The maximum atomic E-state index is 5.05. The van der Waals surface area contributed by atoms with Crippen molar-refractivity contribution in [2.24, 2.45) is 0 Å². The van der Waals surface area contributed by atoms with Crippen molar-refractivity contribution < 1.29 is 3.79 Å². The molecule has 0 heterocycles. The van der Waals surface area contributed by atoms with Gasteiger partial charge in [0, 0.05) is 6.10 Å². The van der Waals surface area contributed by atoms with E-state index in [2.05, 4.69) is 28.8 Å². The first-order chi connectivity index (χ1) is 4.84. The van der Waals surface area contributed by atoms with Crippen LogP contribution in [0.4, 0.5) is 0 Å². The normalized spacial score (nSPS) is 11.7. The van der Waals surface area contributed by atoms with E-state index in [1.807, 2.05) is 25.1 Å². The van der Waals surface area contributed by atoms with E-state index in [9.17, 15) is 0 Å². The molecule has 1 aromatic rings. The van der Waals surface area contributed by atoms with Gasteiger partial charge in [-0.15, -0.1) is 12.4 Å². The summed E-state index contributed by atoms with van der Waals surface area (Å²) in [6, 6.07) is 10.1. The molecule has 0 aliphatic heterocycles. The lowest BCUT2D eigenvalue weighted by molar-refractivity contribution is 0.251. The van der Waals surface area contributed by atoms with Crippen LogP contribution in [0.2, 0.25) is 0 Å². The topological polar surface area (TPSA) is 9.23 Å². The number of halogens is 1. The second-order valence-electron chi connectivity index (χ2n) is 2.19. The molecule has 0 saturated heterocycles. The predicted molar refractivity (Wildman–Crippen MR) is 48.9 cm³/mol. The molecule has 3 heteroatoms. The molecule has 58 valence electrons.